The fourth-order valence-corrected chi connectivity index (χ4v) is 1.29. The van der Waals surface area contributed by atoms with Gasteiger partial charge in [0.25, 0.3) is 5.91 Å². The maximum Gasteiger partial charge on any atom is 0.416 e. The van der Waals surface area contributed by atoms with E-state index in [0.717, 1.165) is 24.3 Å². The molecule has 4 N–H and O–H groups in total. The highest BCUT2D eigenvalue weighted by Crippen LogP contribution is 2.28. The lowest BCUT2D eigenvalue weighted by molar-refractivity contribution is -0.137. The highest BCUT2D eigenvalue weighted by Gasteiger charge is 2.30. The molecule has 2 unspecified atom stereocenters. The van der Waals surface area contributed by atoms with Gasteiger partial charge in [-0.3, -0.25) is 4.79 Å². The third kappa shape index (κ3) is 4.53. The average Bonchev–Trinajstić information content (AvgIpc) is 2.34. The molecule has 1 aromatic rings. The Kier molecular flexibility index (Phi) is 4.90. The van der Waals surface area contributed by atoms with Crippen molar-refractivity contribution in [1.29, 1.82) is 0 Å². The Morgan fingerprint density at radius 3 is 2.32 bits per heavy atom. The zero-order chi connectivity index (χ0) is 14.6. The van der Waals surface area contributed by atoms with Crippen molar-refractivity contribution in [3.05, 3.63) is 35.4 Å². The van der Waals surface area contributed by atoms with Crippen molar-refractivity contribution < 1.29 is 23.1 Å². The van der Waals surface area contributed by atoms with E-state index >= 15 is 0 Å². The molecule has 0 heterocycles. The zero-order valence-electron chi connectivity index (χ0n) is 10.2. The Labute approximate surface area is 108 Å². The average molecular weight is 276 g/mol. The number of amides is 1. The number of benzene rings is 1. The molecular weight excluding hydrogens is 261 g/mol. The first-order valence-electron chi connectivity index (χ1n) is 5.61. The summed E-state index contributed by atoms with van der Waals surface area (Å²) in [4.78, 5) is 11.6. The van der Waals surface area contributed by atoms with Crippen molar-refractivity contribution in [3.8, 4) is 0 Å². The summed E-state index contributed by atoms with van der Waals surface area (Å²) >= 11 is 0. The summed E-state index contributed by atoms with van der Waals surface area (Å²) in [5, 5.41) is 11.6. The van der Waals surface area contributed by atoms with E-state index in [2.05, 4.69) is 5.32 Å². The van der Waals surface area contributed by atoms with Crippen LogP contribution >= 0.6 is 0 Å². The second-order valence-corrected chi connectivity index (χ2v) is 4.19. The fourth-order valence-electron chi connectivity index (χ4n) is 1.29. The summed E-state index contributed by atoms with van der Waals surface area (Å²) in [6.45, 7) is 1.52. The van der Waals surface area contributed by atoms with Crippen molar-refractivity contribution in [1.82, 2.24) is 5.32 Å². The zero-order valence-corrected chi connectivity index (χ0v) is 10.2. The summed E-state index contributed by atoms with van der Waals surface area (Å²) in [6, 6.07) is 3.23. The smallest absolute Gasteiger partial charge is 0.392 e. The number of nitrogens with one attached hydrogen (secondary N) is 1. The molecule has 0 saturated heterocycles. The standard InChI is InChI=1S/C12H15F3N2O2/c1-7(18)10(16)6-17-11(19)8-2-4-9(5-3-8)12(13,14)15/h2-5,7,10,18H,6,16H2,1H3,(H,17,19). The number of aliphatic hydroxyl groups excluding tert-OH is 1. The van der Waals surface area contributed by atoms with Gasteiger partial charge in [-0.2, -0.15) is 13.2 Å². The maximum atomic E-state index is 12.3. The number of carbonyl (C=O) groups is 1. The highest BCUT2D eigenvalue weighted by molar-refractivity contribution is 5.94. The molecule has 0 aromatic heterocycles. The van der Waals surface area contributed by atoms with Crippen LogP contribution in [0.15, 0.2) is 24.3 Å². The van der Waals surface area contributed by atoms with Gasteiger partial charge in [-0.15, -0.1) is 0 Å². The van der Waals surface area contributed by atoms with Crippen LogP contribution in [-0.2, 0) is 6.18 Å². The van der Waals surface area contributed by atoms with Gasteiger partial charge in [0.1, 0.15) is 0 Å². The van der Waals surface area contributed by atoms with E-state index in [1.165, 1.54) is 6.92 Å². The summed E-state index contributed by atoms with van der Waals surface area (Å²) in [5.41, 5.74) is 4.80. The quantitative estimate of drug-likeness (QED) is 0.772. The van der Waals surface area contributed by atoms with Crippen LogP contribution in [-0.4, -0.2) is 29.7 Å². The lowest BCUT2D eigenvalue weighted by Crippen LogP contribution is -2.43. The van der Waals surface area contributed by atoms with Gasteiger partial charge in [0.2, 0.25) is 0 Å². The predicted octanol–water partition coefficient (Wildman–Crippen LogP) is 1.14. The summed E-state index contributed by atoms with van der Waals surface area (Å²) in [5.74, 6) is -0.537. The molecule has 0 saturated carbocycles. The Bertz CT molecular complexity index is 430. The largest absolute Gasteiger partial charge is 0.416 e. The molecule has 1 rings (SSSR count). The van der Waals surface area contributed by atoms with Gasteiger partial charge in [-0.1, -0.05) is 0 Å². The van der Waals surface area contributed by atoms with Crippen molar-refractivity contribution in [2.75, 3.05) is 6.54 Å². The highest BCUT2D eigenvalue weighted by atomic mass is 19.4. The number of carbonyl (C=O) groups excluding carboxylic acids is 1. The normalized spacial score (nSPS) is 14.8. The molecule has 0 aliphatic rings. The van der Waals surface area contributed by atoms with E-state index in [1.54, 1.807) is 0 Å². The van der Waals surface area contributed by atoms with Gasteiger partial charge < -0.3 is 16.2 Å². The van der Waals surface area contributed by atoms with Gasteiger partial charge in [-0.05, 0) is 31.2 Å². The predicted molar refractivity (Wildman–Crippen MR) is 63.4 cm³/mol. The van der Waals surface area contributed by atoms with Crippen LogP contribution in [0.4, 0.5) is 13.2 Å². The first kappa shape index (κ1) is 15.5. The van der Waals surface area contributed by atoms with Crippen molar-refractivity contribution in [2.45, 2.75) is 25.2 Å². The molecule has 4 nitrogen and oxygen atoms in total. The molecule has 19 heavy (non-hydrogen) atoms. The minimum atomic E-state index is -4.43. The molecule has 0 spiro atoms. The number of halogens is 3. The SMILES string of the molecule is CC(O)C(N)CNC(=O)c1ccc(C(F)(F)F)cc1. The number of hydrogen-bond acceptors (Lipinski definition) is 3. The van der Waals surface area contributed by atoms with Crippen LogP contribution < -0.4 is 11.1 Å². The molecule has 1 amide bonds. The summed E-state index contributed by atoms with van der Waals surface area (Å²) in [6.07, 6.45) is -5.21. The minimum absolute atomic E-state index is 0.0392. The van der Waals surface area contributed by atoms with Gasteiger partial charge in [0, 0.05) is 18.2 Å². The monoisotopic (exact) mass is 276 g/mol. The second-order valence-electron chi connectivity index (χ2n) is 4.19. The van der Waals surface area contributed by atoms with E-state index in [-0.39, 0.29) is 12.1 Å². The van der Waals surface area contributed by atoms with E-state index in [0.29, 0.717) is 0 Å². The van der Waals surface area contributed by atoms with Gasteiger partial charge >= 0.3 is 6.18 Å². The molecule has 0 bridgehead atoms. The van der Waals surface area contributed by atoms with Crippen LogP contribution in [0.5, 0.6) is 0 Å². The number of rotatable bonds is 4. The van der Waals surface area contributed by atoms with Gasteiger partial charge in [0.15, 0.2) is 0 Å². The third-order valence-electron chi connectivity index (χ3n) is 2.59. The van der Waals surface area contributed by atoms with E-state index in [1.807, 2.05) is 0 Å². The molecule has 7 heteroatoms. The molecule has 0 radical (unpaired) electrons. The second kappa shape index (κ2) is 6.03. The van der Waals surface area contributed by atoms with Crippen LogP contribution in [0.1, 0.15) is 22.8 Å². The molecule has 1 aromatic carbocycles. The first-order valence-corrected chi connectivity index (χ1v) is 5.61. The summed E-state index contributed by atoms with van der Waals surface area (Å²) < 4.78 is 37.0. The van der Waals surface area contributed by atoms with Crippen LogP contribution in [0, 0.1) is 0 Å². The van der Waals surface area contributed by atoms with Crippen molar-refractivity contribution >= 4 is 5.91 Å². The van der Waals surface area contributed by atoms with E-state index in [9.17, 15) is 18.0 Å². The van der Waals surface area contributed by atoms with E-state index < -0.39 is 29.8 Å². The molecule has 0 aliphatic carbocycles. The molecule has 0 fully saturated rings. The maximum absolute atomic E-state index is 12.3. The molecular formula is C12H15F3N2O2. The Morgan fingerprint density at radius 2 is 1.89 bits per heavy atom. The number of nitrogens with two attached hydrogens (primary N) is 1. The van der Waals surface area contributed by atoms with Crippen molar-refractivity contribution in [2.24, 2.45) is 5.73 Å². The van der Waals surface area contributed by atoms with Crippen LogP contribution in [0.3, 0.4) is 0 Å². The third-order valence-corrected chi connectivity index (χ3v) is 2.59. The number of aliphatic hydroxyl groups is 1. The van der Waals surface area contributed by atoms with Gasteiger partial charge in [0.05, 0.1) is 11.7 Å². The molecule has 0 aliphatic heterocycles. The number of alkyl halides is 3. The molecule has 106 valence electrons. The Morgan fingerprint density at radius 1 is 1.37 bits per heavy atom. The Balaban J connectivity index is 2.64. The van der Waals surface area contributed by atoms with Crippen molar-refractivity contribution in [3.63, 3.8) is 0 Å². The first-order chi connectivity index (χ1) is 8.71. The van der Waals surface area contributed by atoms with Gasteiger partial charge in [-0.25, -0.2) is 0 Å². The summed E-state index contributed by atoms with van der Waals surface area (Å²) in [7, 11) is 0. The lowest BCUT2D eigenvalue weighted by atomic mass is 10.1. The minimum Gasteiger partial charge on any atom is -0.392 e. The Hall–Kier alpha value is -1.60. The lowest BCUT2D eigenvalue weighted by Gasteiger charge is -2.15. The topological polar surface area (TPSA) is 75.3 Å². The molecule has 2 atom stereocenters. The van der Waals surface area contributed by atoms with E-state index in [4.69, 9.17) is 10.8 Å². The number of hydrogen-bond donors (Lipinski definition) is 3. The van der Waals surface area contributed by atoms with Crippen LogP contribution in [0.2, 0.25) is 0 Å². The van der Waals surface area contributed by atoms with Crippen LogP contribution in [0.25, 0.3) is 0 Å². The fraction of sp³-hybridized carbons (Fsp3) is 0.417.